The summed E-state index contributed by atoms with van der Waals surface area (Å²) in [5.41, 5.74) is 4.31. The molecular weight excluding hydrogens is 612 g/mol. The second kappa shape index (κ2) is 12.1. The third-order valence-corrected chi connectivity index (χ3v) is 8.90. The smallest absolute Gasteiger partial charge is 0.329 e. The molecule has 0 bridgehead atoms. The van der Waals surface area contributed by atoms with Crippen molar-refractivity contribution in [3.8, 4) is 0 Å². The van der Waals surface area contributed by atoms with Gasteiger partial charge in [-0.1, -0.05) is 11.6 Å². The second-order valence-corrected chi connectivity index (χ2v) is 12.0. The van der Waals surface area contributed by atoms with Gasteiger partial charge in [0.05, 0.1) is 24.7 Å². The number of halogens is 1. The Bertz CT molecular complexity index is 1850. The highest BCUT2D eigenvalue weighted by atomic mass is 35.5. The number of anilines is 6. The molecule has 14 nitrogen and oxygen atoms in total. The molecule has 15 heteroatoms. The van der Waals surface area contributed by atoms with Gasteiger partial charge in [-0.3, -0.25) is 24.5 Å². The number of aryl methyl sites for hydroxylation is 1. The van der Waals surface area contributed by atoms with Crippen LogP contribution >= 0.6 is 11.6 Å². The normalized spacial score (nSPS) is 17.1. The van der Waals surface area contributed by atoms with Gasteiger partial charge in [-0.2, -0.15) is 10.1 Å². The number of nitrogens with one attached hydrogen (secondary N) is 3. The lowest BCUT2D eigenvalue weighted by molar-refractivity contribution is -0.120. The number of β-amino-alcohol motifs (C(OH)–C–C–N with tert-alkyl or cyclic N) is 1. The van der Waals surface area contributed by atoms with Crippen LogP contribution in [0, 0.1) is 0 Å². The number of aliphatic hydroxyl groups excluding tert-OH is 1. The number of fused-ring (bicyclic) bond motifs is 2. The van der Waals surface area contributed by atoms with Gasteiger partial charge in [0.25, 0.3) is 0 Å². The Morgan fingerprint density at radius 3 is 2.65 bits per heavy atom. The number of benzene rings is 2. The van der Waals surface area contributed by atoms with Gasteiger partial charge in [0.15, 0.2) is 11.6 Å². The van der Waals surface area contributed by atoms with E-state index in [9.17, 15) is 19.5 Å². The molecular formula is C31H33ClN10O4. The lowest BCUT2D eigenvalue weighted by atomic mass is 10.0. The average Bonchev–Trinajstić information content (AvgIpc) is 3.53. The fourth-order valence-electron chi connectivity index (χ4n) is 6.29. The molecule has 5 heterocycles. The molecule has 0 unspecified atom stereocenters. The molecule has 4 N–H and O–H groups in total. The van der Waals surface area contributed by atoms with Crippen LogP contribution in [0.5, 0.6) is 0 Å². The number of nitrogens with zero attached hydrogens (tertiary/aromatic N) is 7. The van der Waals surface area contributed by atoms with E-state index >= 15 is 0 Å². The maximum Gasteiger partial charge on any atom is 0.329 e. The van der Waals surface area contributed by atoms with Gasteiger partial charge in [-0.25, -0.2) is 9.78 Å². The van der Waals surface area contributed by atoms with Gasteiger partial charge < -0.3 is 25.5 Å². The molecule has 0 aliphatic carbocycles. The highest BCUT2D eigenvalue weighted by molar-refractivity contribution is 6.33. The fraction of sp³-hybridized carbons (Fsp3) is 0.355. The van der Waals surface area contributed by atoms with Crippen LogP contribution in [0.2, 0.25) is 5.02 Å². The van der Waals surface area contributed by atoms with Crippen LogP contribution in [0.25, 0.3) is 10.9 Å². The minimum Gasteiger partial charge on any atom is -0.395 e. The SMILES string of the molecule is Cn1nc(N2CCC(=O)NC2=O)c2ccc(NC3CCN(c4ncc(Cl)c(Nc5ccc6c(c5)CC(=O)N6CCO)n4)CC3)cc21. The first-order valence-electron chi connectivity index (χ1n) is 15.2. The number of hydrogen-bond acceptors (Lipinski definition) is 10. The summed E-state index contributed by atoms with van der Waals surface area (Å²) in [5.74, 6) is 1.30. The number of aliphatic hydroxyl groups is 1. The van der Waals surface area contributed by atoms with Gasteiger partial charge in [-0.05, 0) is 54.8 Å². The predicted molar refractivity (Wildman–Crippen MR) is 175 cm³/mol. The first-order valence-corrected chi connectivity index (χ1v) is 15.6. The number of rotatable bonds is 8. The number of amides is 4. The van der Waals surface area contributed by atoms with Crippen molar-refractivity contribution in [1.82, 2.24) is 25.1 Å². The van der Waals surface area contributed by atoms with Crippen molar-refractivity contribution >= 4 is 75.0 Å². The van der Waals surface area contributed by atoms with Gasteiger partial charge in [-0.15, -0.1) is 0 Å². The third-order valence-electron chi connectivity index (χ3n) is 8.62. The number of carbonyl (C=O) groups is 3. The molecule has 3 aliphatic heterocycles. The average molecular weight is 645 g/mol. The molecule has 238 valence electrons. The van der Waals surface area contributed by atoms with E-state index in [1.807, 2.05) is 43.4 Å². The first-order chi connectivity index (χ1) is 22.3. The summed E-state index contributed by atoms with van der Waals surface area (Å²) < 4.78 is 1.75. The topological polar surface area (TPSA) is 161 Å². The molecule has 0 atom stereocenters. The van der Waals surface area contributed by atoms with Crippen LogP contribution in [-0.4, -0.2) is 81.5 Å². The number of urea groups is 1. The number of piperidine rings is 1. The minimum absolute atomic E-state index is 0.0314. The van der Waals surface area contributed by atoms with Crippen molar-refractivity contribution in [3.05, 3.63) is 53.2 Å². The Kier molecular flexibility index (Phi) is 7.82. The first kappa shape index (κ1) is 29.7. The van der Waals surface area contributed by atoms with E-state index in [1.165, 1.54) is 4.90 Å². The Hall–Kier alpha value is -4.95. The molecule has 7 rings (SSSR count). The third kappa shape index (κ3) is 5.65. The van der Waals surface area contributed by atoms with Crippen LogP contribution in [0.15, 0.2) is 42.6 Å². The van der Waals surface area contributed by atoms with E-state index in [1.54, 1.807) is 15.8 Å². The van der Waals surface area contributed by atoms with Crippen LogP contribution < -0.4 is 30.7 Å². The van der Waals surface area contributed by atoms with E-state index in [0.717, 1.165) is 59.5 Å². The van der Waals surface area contributed by atoms with Gasteiger partial charge >= 0.3 is 6.03 Å². The van der Waals surface area contributed by atoms with Crippen molar-refractivity contribution in [3.63, 3.8) is 0 Å². The number of imide groups is 1. The van der Waals surface area contributed by atoms with Crippen molar-refractivity contribution in [2.24, 2.45) is 7.05 Å². The highest BCUT2D eigenvalue weighted by Crippen LogP contribution is 2.34. The van der Waals surface area contributed by atoms with Crippen LogP contribution in [0.1, 0.15) is 24.8 Å². The second-order valence-electron chi connectivity index (χ2n) is 11.6. The molecule has 4 aromatic rings. The Morgan fingerprint density at radius 2 is 1.87 bits per heavy atom. The summed E-state index contributed by atoms with van der Waals surface area (Å²) in [6, 6.07) is 11.4. The van der Waals surface area contributed by atoms with E-state index in [-0.39, 0.29) is 43.8 Å². The summed E-state index contributed by atoms with van der Waals surface area (Å²) in [6.07, 6.45) is 3.86. The molecule has 46 heavy (non-hydrogen) atoms. The zero-order valence-electron chi connectivity index (χ0n) is 25.2. The summed E-state index contributed by atoms with van der Waals surface area (Å²) >= 11 is 6.47. The van der Waals surface area contributed by atoms with E-state index in [4.69, 9.17) is 16.6 Å². The Balaban J connectivity index is 0.992. The highest BCUT2D eigenvalue weighted by Gasteiger charge is 2.29. The zero-order valence-corrected chi connectivity index (χ0v) is 25.9. The van der Waals surface area contributed by atoms with Crippen molar-refractivity contribution < 1.29 is 19.5 Å². The number of hydrogen-bond donors (Lipinski definition) is 4. The van der Waals surface area contributed by atoms with Crippen LogP contribution in [-0.2, 0) is 23.1 Å². The lowest BCUT2D eigenvalue weighted by Crippen LogP contribution is -2.49. The van der Waals surface area contributed by atoms with Gasteiger partial charge in [0.1, 0.15) is 5.02 Å². The molecule has 0 saturated carbocycles. The zero-order chi connectivity index (χ0) is 31.9. The van der Waals surface area contributed by atoms with E-state index in [0.29, 0.717) is 29.2 Å². The minimum atomic E-state index is -0.454. The summed E-state index contributed by atoms with van der Waals surface area (Å²) in [4.78, 5) is 50.8. The van der Waals surface area contributed by atoms with Crippen molar-refractivity contribution in [2.45, 2.75) is 31.7 Å². The van der Waals surface area contributed by atoms with Crippen molar-refractivity contribution in [1.29, 1.82) is 0 Å². The van der Waals surface area contributed by atoms with E-state index in [2.05, 4.69) is 30.9 Å². The predicted octanol–water partition coefficient (Wildman–Crippen LogP) is 3.17. The summed E-state index contributed by atoms with van der Waals surface area (Å²) in [5, 5.41) is 24.4. The van der Waals surface area contributed by atoms with E-state index < -0.39 is 6.03 Å². The van der Waals surface area contributed by atoms with Gasteiger partial charge in [0, 0.05) is 68.1 Å². The molecule has 2 fully saturated rings. The lowest BCUT2D eigenvalue weighted by Gasteiger charge is -2.33. The largest absolute Gasteiger partial charge is 0.395 e. The molecule has 0 spiro atoms. The number of carbonyl (C=O) groups excluding carboxylic acids is 3. The van der Waals surface area contributed by atoms with Crippen LogP contribution in [0.3, 0.4) is 0 Å². The molecule has 0 radical (unpaired) electrons. The van der Waals surface area contributed by atoms with Crippen LogP contribution in [0.4, 0.5) is 39.4 Å². The Morgan fingerprint density at radius 1 is 1.07 bits per heavy atom. The molecule has 2 saturated heterocycles. The molecule has 2 aromatic carbocycles. The molecule has 4 amide bonds. The summed E-state index contributed by atoms with van der Waals surface area (Å²) in [7, 11) is 1.84. The molecule has 2 aromatic heterocycles. The summed E-state index contributed by atoms with van der Waals surface area (Å²) in [6.45, 7) is 1.98. The fourth-order valence-corrected chi connectivity index (χ4v) is 6.43. The maximum atomic E-state index is 12.4. The maximum absolute atomic E-state index is 12.4. The monoisotopic (exact) mass is 644 g/mol. The van der Waals surface area contributed by atoms with Gasteiger partial charge in [0.2, 0.25) is 17.8 Å². The molecule has 3 aliphatic rings. The van der Waals surface area contributed by atoms with Crippen molar-refractivity contribution in [2.75, 3.05) is 58.1 Å². The Labute approximate surface area is 269 Å². The standard InChI is InChI=1S/C31H33ClN10O4/c1-39-25-16-21(2-4-22(25)29(38-39)42-11-8-26(44)36-31(42)46)34-19-6-9-40(10-7-19)30-33-17-23(32)28(37-30)35-20-3-5-24-18(14-20)15-27(45)41(24)12-13-43/h2-5,14,16-17,19,34,43H,6-13,15H2,1H3,(H,33,35,37)(H,36,44,46). The number of aromatic nitrogens is 4. The quantitative estimate of drug-likeness (QED) is 0.224.